The zero-order chi connectivity index (χ0) is 16.1. The van der Waals surface area contributed by atoms with Crippen LogP contribution in [-0.2, 0) is 11.3 Å². The van der Waals surface area contributed by atoms with E-state index in [2.05, 4.69) is 10.1 Å². The van der Waals surface area contributed by atoms with Crippen molar-refractivity contribution in [3.05, 3.63) is 43.0 Å². The highest BCUT2D eigenvalue weighted by molar-refractivity contribution is 5.78. The summed E-state index contributed by atoms with van der Waals surface area (Å²) < 4.78 is 7.74. The van der Waals surface area contributed by atoms with Crippen molar-refractivity contribution < 1.29 is 9.53 Å². The van der Waals surface area contributed by atoms with E-state index >= 15 is 0 Å². The van der Waals surface area contributed by atoms with Crippen LogP contribution in [0.4, 0.5) is 0 Å². The van der Waals surface area contributed by atoms with Crippen LogP contribution in [-0.4, -0.2) is 44.8 Å². The minimum Gasteiger partial charge on any atom is -0.490 e. The highest BCUT2D eigenvalue weighted by atomic mass is 16.5. The van der Waals surface area contributed by atoms with E-state index in [4.69, 9.17) is 4.74 Å². The number of carbonyl (C=O) groups is 1. The van der Waals surface area contributed by atoms with Gasteiger partial charge in [0.2, 0.25) is 5.91 Å². The summed E-state index contributed by atoms with van der Waals surface area (Å²) in [5.74, 6) is 0.979. The first kappa shape index (κ1) is 15.5. The van der Waals surface area contributed by atoms with Crippen molar-refractivity contribution >= 4 is 5.91 Å². The van der Waals surface area contributed by atoms with Gasteiger partial charge in [0.05, 0.1) is 12.5 Å². The molecule has 1 aliphatic rings. The van der Waals surface area contributed by atoms with Crippen LogP contribution in [0.25, 0.3) is 0 Å². The van der Waals surface area contributed by atoms with Gasteiger partial charge in [-0.05, 0) is 18.2 Å². The van der Waals surface area contributed by atoms with Crippen LogP contribution in [0, 0.1) is 5.92 Å². The summed E-state index contributed by atoms with van der Waals surface area (Å²) in [6.45, 7) is 4.08. The van der Waals surface area contributed by atoms with E-state index in [0.29, 0.717) is 6.54 Å². The standard InChI is InChI=1S/C17H22N4O2/c1-14(13-21-10-2-7-19-21)17(22)20-11-5-16(6-12-20)23-15-3-8-18-9-4-15/h2-4,7-10,14,16H,5-6,11-13H2,1H3. The van der Waals surface area contributed by atoms with E-state index in [1.54, 1.807) is 18.6 Å². The van der Waals surface area contributed by atoms with Crippen molar-refractivity contribution in [2.75, 3.05) is 13.1 Å². The fourth-order valence-corrected chi connectivity index (χ4v) is 2.88. The summed E-state index contributed by atoms with van der Waals surface area (Å²) in [5, 5.41) is 4.16. The average Bonchev–Trinajstić information content (AvgIpc) is 3.09. The lowest BCUT2D eigenvalue weighted by atomic mass is 10.0. The number of hydrogen-bond acceptors (Lipinski definition) is 4. The summed E-state index contributed by atoms with van der Waals surface area (Å²) in [5.41, 5.74) is 0. The van der Waals surface area contributed by atoms with E-state index in [1.807, 2.05) is 40.9 Å². The Balaban J connectivity index is 1.47. The van der Waals surface area contributed by atoms with Crippen molar-refractivity contribution in [2.45, 2.75) is 32.4 Å². The maximum atomic E-state index is 12.5. The molecule has 3 heterocycles. The van der Waals surface area contributed by atoms with Gasteiger partial charge in [0, 0.05) is 50.7 Å². The van der Waals surface area contributed by atoms with Gasteiger partial charge in [0.25, 0.3) is 0 Å². The van der Waals surface area contributed by atoms with Crippen LogP contribution in [0.3, 0.4) is 0 Å². The predicted octanol–water partition coefficient (Wildman–Crippen LogP) is 1.98. The number of likely N-dealkylation sites (tertiary alicyclic amines) is 1. The first-order chi connectivity index (χ1) is 11.2. The Morgan fingerprint density at radius 3 is 2.70 bits per heavy atom. The highest BCUT2D eigenvalue weighted by Crippen LogP contribution is 2.19. The quantitative estimate of drug-likeness (QED) is 0.847. The second-order valence-electron chi connectivity index (χ2n) is 5.95. The summed E-state index contributed by atoms with van der Waals surface area (Å²) in [6, 6.07) is 5.60. The topological polar surface area (TPSA) is 60.2 Å². The number of hydrogen-bond donors (Lipinski definition) is 0. The van der Waals surface area contributed by atoms with Crippen LogP contribution < -0.4 is 4.74 Å². The maximum Gasteiger partial charge on any atom is 0.227 e. The van der Waals surface area contributed by atoms with Crippen LogP contribution in [0.1, 0.15) is 19.8 Å². The Bertz CT molecular complexity index is 607. The molecule has 0 radical (unpaired) electrons. The molecule has 6 nitrogen and oxygen atoms in total. The summed E-state index contributed by atoms with van der Waals surface area (Å²) in [7, 11) is 0. The molecule has 0 saturated carbocycles. The molecule has 0 aliphatic carbocycles. The molecule has 0 bridgehead atoms. The second kappa shape index (κ2) is 7.26. The zero-order valence-corrected chi connectivity index (χ0v) is 13.3. The summed E-state index contributed by atoms with van der Waals surface area (Å²) in [6.07, 6.45) is 8.97. The molecule has 0 spiro atoms. The van der Waals surface area contributed by atoms with Gasteiger partial charge in [-0.1, -0.05) is 6.92 Å². The maximum absolute atomic E-state index is 12.5. The monoisotopic (exact) mass is 314 g/mol. The fraction of sp³-hybridized carbons (Fsp3) is 0.471. The molecule has 1 amide bonds. The third-order valence-electron chi connectivity index (χ3n) is 4.15. The second-order valence-corrected chi connectivity index (χ2v) is 5.95. The molecular weight excluding hydrogens is 292 g/mol. The lowest BCUT2D eigenvalue weighted by Gasteiger charge is -2.33. The van der Waals surface area contributed by atoms with Crippen LogP contribution in [0.15, 0.2) is 43.0 Å². The third kappa shape index (κ3) is 4.09. The number of rotatable bonds is 5. The number of piperidine rings is 1. The Labute approximate surface area is 136 Å². The number of nitrogens with zero attached hydrogens (tertiary/aromatic N) is 4. The minimum atomic E-state index is -0.0624. The van der Waals surface area contributed by atoms with E-state index in [1.165, 1.54) is 0 Å². The Kier molecular flexibility index (Phi) is 4.90. The molecule has 2 aromatic rings. The molecule has 1 aliphatic heterocycles. The van der Waals surface area contributed by atoms with Crippen LogP contribution >= 0.6 is 0 Å². The van der Waals surface area contributed by atoms with Gasteiger partial charge in [0.15, 0.2) is 0 Å². The highest BCUT2D eigenvalue weighted by Gasteiger charge is 2.27. The van der Waals surface area contributed by atoms with Gasteiger partial charge in [-0.15, -0.1) is 0 Å². The number of amides is 1. The first-order valence-corrected chi connectivity index (χ1v) is 8.05. The Morgan fingerprint density at radius 1 is 1.30 bits per heavy atom. The Morgan fingerprint density at radius 2 is 2.04 bits per heavy atom. The number of ether oxygens (including phenoxy) is 1. The Hall–Kier alpha value is -2.37. The molecule has 6 heteroatoms. The largest absolute Gasteiger partial charge is 0.490 e. The molecule has 2 aromatic heterocycles. The van der Waals surface area contributed by atoms with E-state index < -0.39 is 0 Å². The predicted molar refractivity (Wildman–Crippen MR) is 85.9 cm³/mol. The van der Waals surface area contributed by atoms with E-state index in [9.17, 15) is 4.79 Å². The summed E-state index contributed by atoms with van der Waals surface area (Å²) in [4.78, 5) is 18.5. The smallest absolute Gasteiger partial charge is 0.227 e. The van der Waals surface area contributed by atoms with Gasteiger partial charge in [-0.25, -0.2) is 0 Å². The first-order valence-electron chi connectivity index (χ1n) is 8.05. The average molecular weight is 314 g/mol. The van der Waals surface area contributed by atoms with E-state index in [-0.39, 0.29) is 17.9 Å². The lowest BCUT2D eigenvalue weighted by Crippen LogP contribution is -2.44. The minimum absolute atomic E-state index is 0.0624. The van der Waals surface area contributed by atoms with Crippen molar-refractivity contribution in [3.8, 4) is 5.75 Å². The van der Waals surface area contributed by atoms with Crippen molar-refractivity contribution in [1.82, 2.24) is 19.7 Å². The molecule has 23 heavy (non-hydrogen) atoms. The molecule has 1 atom stereocenters. The SMILES string of the molecule is CC(Cn1cccn1)C(=O)N1CCC(Oc2ccncc2)CC1. The van der Waals surface area contributed by atoms with Crippen molar-refractivity contribution in [3.63, 3.8) is 0 Å². The van der Waals surface area contributed by atoms with Crippen molar-refractivity contribution in [1.29, 1.82) is 0 Å². The van der Waals surface area contributed by atoms with Gasteiger partial charge >= 0.3 is 0 Å². The molecule has 1 fully saturated rings. The summed E-state index contributed by atoms with van der Waals surface area (Å²) >= 11 is 0. The van der Waals surface area contributed by atoms with Crippen LogP contribution in [0.5, 0.6) is 5.75 Å². The number of carbonyl (C=O) groups excluding carboxylic acids is 1. The van der Waals surface area contributed by atoms with Gasteiger partial charge in [0.1, 0.15) is 11.9 Å². The van der Waals surface area contributed by atoms with Gasteiger partial charge < -0.3 is 9.64 Å². The van der Waals surface area contributed by atoms with Crippen LogP contribution in [0.2, 0.25) is 0 Å². The number of pyridine rings is 1. The molecule has 122 valence electrons. The van der Waals surface area contributed by atoms with Gasteiger partial charge in [-0.3, -0.25) is 14.5 Å². The van der Waals surface area contributed by atoms with E-state index in [0.717, 1.165) is 31.7 Å². The third-order valence-corrected chi connectivity index (χ3v) is 4.15. The van der Waals surface area contributed by atoms with Crippen molar-refractivity contribution in [2.24, 2.45) is 5.92 Å². The molecular formula is C17H22N4O2. The fourth-order valence-electron chi connectivity index (χ4n) is 2.88. The molecule has 1 unspecified atom stereocenters. The zero-order valence-electron chi connectivity index (χ0n) is 13.3. The normalized spacial score (nSPS) is 17.0. The lowest BCUT2D eigenvalue weighted by molar-refractivity contribution is -0.137. The molecule has 0 aromatic carbocycles. The molecule has 3 rings (SSSR count). The molecule has 1 saturated heterocycles. The van der Waals surface area contributed by atoms with Gasteiger partial charge in [-0.2, -0.15) is 5.10 Å². The molecule has 0 N–H and O–H groups in total. The number of aromatic nitrogens is 3.